The van der Waals surface area contributed by atoms with Gasteiger partial charge in [-0.3, -0.25) is 4.79 Å². The standard InChI is InChI=1S/C16H19BrO4/c1-20-13-5-2-10(8-12(13)17)9-16(15(18)19)6-7-21-14(16)11-3-4-11/h2,5,8,11,14H,3-4,6-7,9H2,1H3,(H,18,19). The Morgan fingerprint density at radius 2 is 2.29 bits per heavy atom. The molecule has 4 nitrogen and oxygen atoms in total. The minimum atomic E-state index is -0.783. The lowest BCUT2D eigenvalue weighted by atomic mass is 9.74. The molecule has 1 aliphatic heterocycles. The number of hydrogen-bond donors (Lipinski definition) is 1. The normalized spacial score (nSPS) is 28.6. The van der Waals surface area contributed by atoms with Crippen molar-refractivity contribution in [1.29, 1.82) is 0 Å². The van der Waals surface area contributed by atoms with Crippen molar-refractivity contribution in [1.82, 2.24) is 0 Å². The average Bonchev–Trinajstić information content (AvgIpc) is 3.20. The van der Waals surface area contributed by atoms with E-state index in [9.17, 15) is 9.90 Å². The van der Waals surface area contributed by atoms with E-state index in [1.165, 1.54) is 0 Å². The first-order chi connectivity index (χ1) is 10.1. The number of rotatable bonds is 5. The van der Waals surface area contributed by atoms with Crippen LogP contribution in [0.25, 0.3) is 0 Å². The smallest absolute Gasteiger partial charge is 0.312 e. The number of ether oxygens (including phenoxy) is 2. The van der Waals surface area contributed by atoms with Gasteiger partial charge in [0.25, 0.3) is 0 Å². The Labute approximate surface area is 132 Å². The Balaban J connectivity index is 1.88. The van der Waals surface area contributed by atoms with Gasteiger partial charge in [-0.05, 0) is 65.2 Å². The fourth-order valence-electron chi connectivity index (χ4n) is 3.33. The summed E-state index contributed by atoms with van der Waals surface area (Å²) in [6.45, 7) is 0.546. The van der Waals surface area contributed by atoms with E-state index in [4.69, 9.17) is 9.47 Å². The van der Waals surface area contributed by atoms with E-state index in [0.29, 0.717) is 25.4 Å². The van der Waals surface area contributed by atoms with Crippen molar-refractivity contribution in [3.63, 3.8) is 0 Å². The number of benzene rings is 1. The Morgan fingerprint density at radius 3 is 2.86 bits per heavy atom. The second-order valence-corrected chi connectivity index (χ2v) is 6.84. The van der Waals surface area contributed by atoms with Crippen molar-refractivity contribution in [2.24, 2.45) is 11.3 Å². The summed E-state index contributed by atoms with van der Waals surface area (Å²) in [5.41, 5.74) is 0.219. The maximum Gasteiger partial charge on any atom is 0.312 e. The summed E-state index contributed by atoms with van der Waals surface area (Å²) >= 11 is 3.46. The summed E-state index contributed by atoms with van der Waals surface area (Å²) in [6, 6.07) is 5.76. The number of carbonyl (C=O) groups is 1. The highest BCUT2D eigenvalue weighted by molar-refractivity contribution is 9.10. The van der Waals surface area contributed by atoms with E-state index in [0.717, 1.165) is 28.6 Å². The third-order valence-corrected chi connectivity index (χ3v) is 5.22. The minimum absolute atomic E-state index is 0.143. The van der Waals surface area contributed by atoms with Crippen molar-refractivity contribution >= 4 is 21.9 Å². The number of carboxylic acids is 1. The number of aliphatic carboxylic acids is 1. The lowest BCUT2D eigenvalue weighted by Crippen LogP contribution is -2.42. The molecule has 2 fully saturated rings. The molecule has 1 aromatic rings. The predicted molar refractivity (Wildman–Crippen MR) is 81.5 cm³/mol. The van der Waals surface area contributed by atoms with Crippen molar-refractivity contribution in [3.8, 4) is 5.75 Å². The maximum absolute atomic E-state index is 12.0. The molecule has 5 heteroatoms. The van der Waals surface area contributed by atoms with Gasteiger partial charge in [0.1, 0.15) is 11.2 Å². The van der Waals surface area contributed by atoms with Crippen molar-refractivity contribution in [2.45, 2.75) is 31.8 Å². The zero-order valence-corrected chi connectivity index (χ0v) is 13.6. The van der Waals surface area contributed by atoms with Gasteiger partial charge < -0.3 is 14.6 Å². The molecule has 0 radical (unpaired) electrons. The molecule has 1 saturated carbocycles. The van der Waals surface area contributed by atoms with Crippen LogP contribution in [0.1, 0.15) is 24.8 Å². The summed E-state index contributed by atoms with van der Waals surface area (Å²) in [5.74, 6) is 0.443. The van der Waals surface area contributed by atoms with Gasteiger partial charge in [0, 0.05) is 6.61 Å². The molecule has 2 atom stereocenters. The van der Waals surface area contributed by atoms with Gasteiger partial charge in [-0.15, -0.1) is 0 Å². The van der Waals surface area contributed by atoms with Crippen molar-refractivity contribution < 1.29 is 19.4 Å². The minimum Gasteiger partial charge on any atom is -0.496 e. The van der Waals surface area contributed by atoms with Crippen molar-refractivity contribution in [2.75, 3.05) is 13.7 Å². The largest absolute Gasteiger partial charge is 0.496 e. The van der Waals surface area contributed by atoms with Gasteiger partial charge in [0.2, 0.25) is 0 Å². The number of hydrogen-bond acceptors (Lipinski definition) is 3. The quantitative estimate of drug-likeness (QED) is 0.881. The Bertz CT molecular complexity index is 555. The molecule has 0 amide bonds. The molecule has 2 aliphatic rings. The van der Waals surface area contributed by atoms with E-state index in [1.54, 1.807) is 7.11 Å². The summed E-state index contributed by atoms with van der Waals surface area (Å²) in [6.07, 6.45) is 3.13. The molecule has 21 heavy (non-hydrogen) atoms. The van der Waals surface area contributed by atoms with Crippen LogP contribution in [0.3, 0.4) is 0 Å². The van der Waals surface area contributed by atoms with Crippen LogP contribution in [-0.2, 0) is 16.0 Å². The molecule has 1 aromatic carbocycles. The van der Waals surface area contributed by atoms with Crippen LogP contribution in [0.5, 0.6) is 5.75 Å². The molecule has 1 aliphatic carbocycles. The van der Waals surface area contributed by atoms with E-state index < -0.39 is 11.4 Å². The maximum atomic E-state index is 12.0. The summed E-state index contributed by atoms with van der Waals surface area (Å²) in [7, 11) is 1.62. The van der Waals surface area contributed by atoms with E-state index in [1.807, 2.05) is 18.2 Å². The molecule has 3 rings (SSSR count). The number of methoxy groups -OCH3 is 1. The highest BCUT2D eigenvalue weighted by Crippen LogP contribution is 2.49. The molecule has 1 N–H and O–H groups in total. The van der Waals surface area contributed by atoms with Crippen LogP contribution in [-0.4, -0.2) is 30.9 Å². The average molecular weight is 355 g/mol. The molecule has 0 bridgehead atoms. The van der Waals surface area contributed by atoms with Crippen LogP contribution >= 0.6 is 15.9 Å². The van der Waals surface area contributed by atoms with Gasteiger partial charge in [-0.2, -0.15) is 0 Å². The van der Waals surface area contributed by atoms with Gasteiger partial charge in [-0.25, -0.2) is 0 Å². The lowest BCUT2D eigenvalue weighted by molar-refractivity contribution is -0.153. The second-order valence-electron chi connectivity index (χ2n) is 5.99. The summed E-state index contributed by atoms with van der Waals surface area (Å²) < 4.78 is 11.9. The van der Waals surface area contributed by atoms with E-state index in [2.05, 4.69) is 15.9 Å². The molecule has 1 saturated heterocycles. The Morgan fingerprint density at radius 1 is 1.52 bits per heavy atom. The first-order valence-electron chi connectivity index (χ1n) is 7.24. The summed E-state index contributed by atoms with van der Waals surface area (Å²) in [4.78, 5) is 12.0. The molecule has 2 unspecified atom stereocenters. The number of carboxylic acid groups (broad SMARTS) is 1. The second kappa shape index (κ2) is 5.61. The SMILES string of the molecule is COc1ccc(CC2(C(=O)O)CCOC2C2CC2)cc1Br. The molecular weight excluding hydrogens is 336 g/mol. The lowest BCUT2D eigenvalue weighted by Gasteiger charge is -2.30. The van der Waals surface area contributed by atoms with Crippen LogP contribution in [0.4, 0.5) is 0 Å². The third-order valence-electron chi connectivity index (χ3n) is 4.60. The van der Waals surface area contributed by atoms with Gasteiger partial charge >= 0.3 is 5.97 Å². The summed E-state index contributed by atoms with van der Waals surface area (Å²) in [5, 5.41) is 9.83. The van der Waals surface area contributed by atoms with Crippen LogP contribution in [0.15, 0.2) is 22.7 Å². The number of halogens is 1. The Kier molecular flexibility index (Phi) is 3.97. The highest BCUT2D eigenvalue weighted by Gasteiger charge is 2.55. The molecule has 114 valence electrons. The van der Waals surface area contributed by atoms with Crippen LogP contribution < -0.4 is 4.74 Å². The fraction of sp³-hybridized carbons (Fsp3) is 0.562. The van der Waals surface area contributed by atoms with Gasteiger partial charge in [-0.1, -0.05) is 6.07 Å². The zero-order chi connectivity index (χ0) is 15.0. The molecular formula is C16H19BrO4. The van der Waals surface area contributed by atoms with Gasteiger partial charge in [0.15, 0.2) is 0 Å². The van der Waals surface area contributed by atoms with E-state index >= 15 is 0 Å². The predicted octanol–water partition coefficient (Wildman–Crippen LogP) is 3.27. The first-order valence-corrected chi connectivity index (χ1v) is 8.03. The molecule has 0 spiro atoms. The fourth-order valence-corrected chi connectivity index (χ4v) is 3.92. The van der Waals surface area contributed by atoms with Crippen LogP contribution in [0, 0.1) is 11.3 Å². The molecule has 0 aromatic heterocycles. The monoisotopic (exact) mass is 354 g/mol. The first kappa shape index (κ1) is 14.9. The van der Waals surface area contributed by atoms with Crippen LogP contribution in [0.2, 0.25) is 0 Å². The topological polar surface area (TPSA) is 55.8 Å². The Hall–Kier alpha value is -1.07. The van der Waals surface area contributed by atoms with Crippen molar-refractivity contribution in [3.05, 3.63) is 28.2 Å². The van der Waals surface area contributed by atoms with E-state index in [-0.39, 0.29) is 6.10 Å². The van der Waals surface area contributed by atoms with Gasteiger partial charge in [0.05, 0.1) is 17.7 Å². The molecule has 1 heterocycles. The third kappa shape index (κ3) is 2.69. The zero-order valence-electron chi connectivity index (χ0n) is 12.0. The highest BCUT2D eigenvalue weighted by atomic mass is 79.9.